The molecule has 0 bridgehead atoms. The Morgan fingerprint density at radius 2 is 2.36 bits per heavy atom. The number of piperidine rings is 1. The molecule has 4 nitrogen and oxygen atoms in total. The maximum absolute atomic E-state index is 12.7. The van der Waals surface area contributed by atoms with Gasteiger partial charge in [0.15, 0.2) is 0 Å². The average Bonchev–Trinajstić information content (AvgIpc) is 2.55. The van der Waals surface area contributed by atoms with E-state index in [0.717, 1.165) is 23.9 Å². The summed E-state index contributed by atoms with van der Waals surface area (Å²) in [7, 11) is 1.59. The number of amides is 1. The predicted octanol–water partition coefficient (Wildman–Crippen LogP) is 2.96. The van der Waals surface area contributed by atoms with Crippen molar-refractivity contribution in [2.24, 2.45) is 5.92 Å². The minimum atomic E-state index is 0.0208. The first-order chi connectivity index (χ1) is 10.7. The number of carbonyl (C=O) groups excluding carboxylic acids is 1. The summed E-state index contributed by atoms with van der Waals surface area (Å²) >= 11 is 3.44. The lowest BCUT2D eigenvalue weighted by molar-refractivity contribution is 0.0533. The van der Waals surface area contributed by atoms with Crippen LogP contribution in [0, 0.1) is 18.3 Å². The summed E-state index contributed by atoms with van der Waals surface area (Å²) in [6.45, 7) is 2.40. The molecule has 22 heavy (non-hydrogen) atoms. The summed E-state index contributed by atoms with van der Waals surface area (Å²) in [6.07, 6.45) is 7.23. The second-order valence-corrected chi connectivity index (χ2v) is 6.18. The number of halogens is 1. The Balaban J connectivity index is 2.04. The molecule has 1 saturated heterocycles. The molecule has 1 heterocycles. The zero-order valence-electron chi connectivity index (χ0n) is 12.7. The van der Waals surface area contributed by atoms with E-state index < -0.39 is 0 Å². The minimum Gasteiger partial charge on any atom is -0.497 e. The van der Waals surface area contributed by atoms with Crippen LogP contribution in [0.3, 0.4) is 0 Å². The molecule has 1 aromatic rings. The molecule has 0 saturated carbocycles. The molecule has 1 aromatic carbocycles. The second-order valence-electron chi connectivity index (χ2n) is 5.32. The molecule has 0 aliphatic carbocycles. The fourth-order valence-electron chi connectivity index (χ4n) is 2.64. The number of hydrogen-bond acceptors (Lipinski definition) is 3. The van der Waals surface area contributed by atoms with Gasteiger partial charge in [0.05, 0.1) is 19.3 Å². The van der Waals surface area contributed by atoms with E-state index in [1.165, 1.54) is 0 Å². The van der Waals surface area contributed by atoms with Gasteiger partial charge in [-0.3, -0.25) is 4.79 Å². The monoisotopic (exact) mass is 365 g/mol. The van der Waals surface area contributed by atoms with Crippen LogP contribution in [0.25, 0.3) is 0 Å². The number of benzene rings is 1. The molecule has 1 aliphatic rings. The average molecular weight is 366 g/mol. The molecule has 5 heteroatoms. The molecule has 118 valence electrons. The van der Waals surface area contributed by atoms with Gasteiger partial charge in [-0.1, -0.05) is 5.92 Å². The van der Waals surface area contributed by atoms with Crippen LogP contribution in [0.15, 0.2) is 22.7 Å². The van der Waals surface area contributed by atoms with Gasteiger partial charge in [-0.2, -0.15) is 0 Å². The van der Waals surface area contributed by atoms with E-state index in [4.69, 9.17) is 15.9 Å². The molecule has 0 aromatic heterocycles. The number of terminal acetylenes is 1. The lowest BCUT2D eigenvalue weighted by Crippen LogP contribution is -2.41. The molecular weight excluding hydrogens is 346 g/mol. The van der Waals surface area contributed by atoms with Gasteiger partial charge in [-0.05, 0) is 47.0 Å². The van der Waals surface area contributed by atoms with Crippen molar-refractivity contribution in [3.63, 3.8) is 0 Å². The van der Waals surface area contributed by atoms with Gasteiger partial charge < -0.3 is 14.4 Å². The maximum atomic E-state index is 12.7. The summed E-state index contributed by atoms with van der Waals surface area (Å²) in [5.74, 6) is 3.51. The number of carbonyl (C=O) groups is 1. The minimum absolute atomic E-state index is 0.0208. The molecule has 1 unspecified atom stereocenters. The number of rotatable bonds is 5. The fraction of sp³-hybridized carbons (Fsp3) is 0.471. The Labute approximate surface area is 139 Å². The van der Waals surface area contributed by atoms with E-state index in [1.807, 2.05) is 17.0 Å². The van der Waals surface area contributed by atoms with Gasteiger partial charge in [0, 0.05) is 23.5 Å². The highest BCUT2D eigenvalue weighted by atomic mass is 79.9. The summed E-state index contributed by atoms with van der Waals surface area (Å²) < 4.78 is 11.4. The van der Waals surface area contributed by atoms with Crippen molar-refractivity contribution >= 4 is 21.8 Å². The smallest absolute Gasteiger partial charge is 0.255 e. The number of nitrogens with zero attached hydrogens (tertiary/aromatic N) is 1. The maximum Gasteiger partial charge on any atom is 0.255 e. The second kappa shape index (κ2) is 8.21. The van der Waals surface area contributed by atoms with Gasteiger partial charge in [-0.25, -0.2) is 0 Å². The van der Waals surface area contributed by atoms with Gasteiger partial charge in [-0.15, -0.1) is 6.42 Å². The van der Waals surface area contributed by atoms with Crippen molar-refractivity contribution in [2.75, 3.05) is 33.4 Å². The molecule has 1 fully saturated rings. The van der Waals surface area contributed by atoms with Crippen molar-refractivity contribution in [1.82, 2.24) is 4.90 Å². The van der Waals surface area contributed by atoms with Crippen molar-refractivity contribution in [1.29, 1.82) is 0 Å². The van der Waals surface area contributed by atoms with Gasteiger partial charge in [0.1, 0.15) is 12.4 Å². The topological polar surface area (TPSA) is 38.8 Å². The Morgan fingerprint density at radius 3 is 3.09 bits per heavy atom. The van der Waals surface area contributed by atoms with Crippen LogP contribution in [0.2, 0.25) is 0 Å². The van der Waals surface area contributed by atoms with E-state index in [9.17, 15) is 4.79 Å². The van der Waals surface area contributed by atoms with E-state index in [0.29, 0.717) is 37.0 Å². The van der Waals surface area contributed by atoms with Crippen LogP contribution in [-0.4, -0.2) is 44.2 Å². The standard InChI is InChI=1S/C17H20BrNO3/c1-3-9-22-12-13-5-4-8-19(11-13)17(20)15-10-14(21-2)6-7-16(15)18/h1,6-7,10,13H,4-5,8-9,11-12H2,2H3. The Hall–Kier alpha value is -1.51. The third kappa shape index (κ3) is 4.25. The number of likely N-dealkylation sites (tertiary alicyclic amines) is 1. The van der Waals surface area contributed by atoms with Crippen LogP contribution in [0.4, 0.5) is 0 Å². The Kier molecular flexibility index (Phi) is 6.29. The molecule has 0 N–H and O–H groups in total. The first-order valence-corrected chi connectivity index (χ1v) is 8.09. The van der Waals surface area contributed by atoms with Crippen molar-refractivity contribution in [3.05, 3.63) is 28.2 Å². The van der Waals surface area contributed by atoms with E-state index >= 15 is 0 Å². The summed E-state index contributed by atoms with van der Waals surface area (Å²) in [5.41, 5.74) is 0.629. The summed E-state index contributed by atoms with van der Waals surface area (Å²) in [5, 5.41) is 0. The van der Waals surface area contributed by atoms with Gasteiger partial charge in [0.2, 0.25) is 0 Å². The van der Waals surface area contributed by atoms with E-state index in [2.05, 4.69) is 21.9 Å². The van der Waals surface area contributed by atoms with Crippen molar-refractivity contribution < 1.29 is 14.3 Å². The van der Waals surface area contributed by atoms with Gasteiger partial charge in [0.25, 0.3) is 5.91 Å². The van der Waals surface area contributed by atoms with Crippen molar-refractivity contribution in [3.8, 4) is 18.1 Å². The molecule has 2 rings (SSSR count). The first kappa shape index (κ1) is 16.9. The quantitative estimate of drug-likeness (QED) is 0.594. The molecule has 1 aliphatic heterocycles. The first-order valence-electron chi connectivity index (χ1n) is 7.29. The number of ether oxygens (including phenoxy) is 2. The molecule has 1 amide bonds. The highest BCUT2D eigenvalue weighted by Crippen LogP contribution is 2.26. The zero-order valence-corrected chi connectivity index (χ0v) is 14.3. The summed E-state index contributed by atoms with van der Waals surface area (Å²) in [4.78, 5) is 14.6. The van der Waals surface area contributed by atoms with Crippen LogP contribution in [-0.2, 0) is 4.74 Å². The van der Waals surface area contributed by atoms with Crippen LogP contribution >= 0.6 is 15.9 Å². The predicted molar refractivity (Wildman–Crippen MR) is 89.0 cm³/mol. The molecule has 0 radical (unpaired) electrons. The van der Waals surface area contributed by atoms with Crippen molar-refractivity contribution in [2.45, 2.75) is 12.8 Å². The van der Waals surface area contributed by atoms with Gasteiger partial charge >= 0.3 is 0 Å². The fourth-order valence-corrected chi connectivity index (χ4v) is 3.05. The Morgan fingerprint density at radius 1 is 1.55 bits per heavy atom. The summed E-state index contributed by atoms with van der Waals surface area (Å²) in [6, 6.07) is 5.43. The van der Waals surface area contributed by atoms with Crippen LogP contribution in [0.1, 0.15) is 23.2 Å². The lowest BCUT2D eigenvalue weighted by atomic mass is 9.98. The van der Waals surface area contributed by atoms with Crippen LogP contribution < -0.4 is 4.74 Å². The van der Waals surface area contributed by atoms with E-state index in [-0.39, 0.29) is 5.91 Å². The molecule has 1 atom stereocenters. The third-order valence-corrected chi connectivity index (χ3v) is 4.44. The number of methoxy groups -OCH3 is 1. The SMILES string of the molecule is C#CCOCC1CCCN(C(=O)c2cc(OC)ccc2Br)C1. The zero-order chi connectivity index (χ0) is 15.9. The molecular formula is C17H20BrNO3. The Bertz CT molecular complexity index is 568. The highest BCUT2D eigenvalue weighted by Gasteiger charge is 2.26. The number of hydrogen-bond donors (Lipinski definition) is 0. The normalized spacial score (nSPS) is 17.9. The third-order valence-electron chi connectivity index (χ3n) is 3.75. The van der Waals surface area contributed by atoms with E-state index in [1.54, 1.807) is 13.2 Å². The highest BCUT2D eigenvalue weighted by molar-refractivity contribution is 9.10. The lowest BCUT2D eigenvalue weighted by Gasteiger charge is -2.32. The largest absolute Gasteiger partial charge is 0.497 e. The van der Waals surface area contributed by atoms with Crippen LogP contribution in [0.5, 0.6) is 5.75 Å². The molecule has 0 spiro atoms.